The van der Waals surface area contributed by atoms with Crippen LogP contribution in [0.4, 0.5) is 0 Å². The van der Waals surface area contributed by atoms with Gasteiger partial charge in [0.25, 0.3) is 5.91 Å². The third-order valence-electron chi connectivity index (χ3n) is 3.37. The predicted molar refractivity (Wildman–Crippen MR) is 71.6 cm³/mol. The lowest BCUT2D eigenvalue weighted by molar-refractivity contribution is -0.129. The molecule has 5 heteroatoms. The highest BCUT2D eigenvalue weighted by Crippen LogP contribution is 2.22. The summed E-state index contributed by atoms with van der Waals surface area (Å²) in [5.74, 6) is 0.714. The molecule has 0 fully saturated rings. The van der Waals surface area contributed by atoms with Crippen LogP contribution in [0.3, 0.4) is 0 Å². The zero-order chi connectivity index (χ0) is 14.1. The maximum absolute atomic E-state index is 12.3. The Bertz CT molecular complexity index is 675. The van der Waals surface area contributed by atoms with Crippen molar-refractivity contribution in [2.75, 3.05) is 0 Å². The quantitative estimate of drug-likeness (QED) is 0.857. The average Bonchev–Trinajstić information content (AvgIpc) is 2.91. The predicted octanol–water partition coefficient (Wildman–Crippen LogP) is 1.46. The Morgan fingerprint density at radius 3 is 2.60 bits per heavy atom. The lowest BCUT2D eigenvalue weighted by Crippen LogP contribution is -2.41. The van der Waals surface area contributed by atoms with E-state index in [1.807, 2.05) is 12.1 Å². The topological polar surface area (TPSA) is 76.5 Å². The highest BCUT2D eigenvalue weighted by molar-refractivity contribution is 6.09. The first-order valence-corrected chi connectivity index (χ1v) is 6.39. The van der Waals surface area contributed by atoms with Crippen molar-refractivity contribution in [1.82, 2.24) is 4.90 Å². The van der Waals surface area contributed by atoms with Gasteiger partial charge in [0.15, 0.2) is 0 Å². The number of amides is 2. The van der Waals surface area contributed by atoms with Crippen LogP contribution in [0.5, 0.6) is 0 Å². The molecule has 5 nitrogen and oxygen atoms in total. The van der Waals surface area contributed by atoms with Crippen LogP contribution in [-0.4, -0.2) is 16.7 Å². The van der Waals surface area contributed by atoms with E-state index in [4.69, 9.17) is 10.2 Å². The van der Waals surface area contributed by atoms with Gasteiger partial charge in [-0.15, -0.1) is 0 Å². The maximum atomic E-state index is 12.3. The Hall–Kier alpha value is -2.40. The lowest BCUT2D eigenvalue weighted by Gasteiger charge is -2.25. The zero-order valence-corrected chi connectivity index (χ0v) is 10.8. The van der Waals surface area contributed by atoms with E-state index < -0.39 is 0 Å². The number of carbonyl (C=O) groups excluding carboxylic acids is 2. The number of nitrogens with two attached hydrogens (primary N) is 1. The minimum atomic E-state index is -0.275. The molecule has 2 amide bonds. The fraction of sp³-hybridized carbons (Fsp3) is 0.200. The van der Waals surface area contributed by atoms with Gasteiger partial charge in [-0.2, -0.15) is 0 Å². The molecule has 0 aliphatic carbocycles. The summed E-state index contributed by atoms with van der Waals surface area (Å²) in [6, 6.07) is 10.7. The van der Waals surface area contributed by atoms with Crippen LogP contribution in [0, 0.1) is 0 Å². The Kier molecular flexibility index (Phi) is 3.12. The van der Waals surface area contributed by atoms with Crippen LogP contribution < -0.4 is 5.73 Å². The van der Waals surface area contributed by atoms with Crippen molar-refractivity contribution in [2.24, 2.45) is 5.73 Å². The van der Waals surface area contributed by atoms with Gasteiger partial charge < -0.3 is 10.2 Å². The van der Waals surface area contributed by atoms with E-state index in [0.717, 1.165) is 5.56 Å². The third-order valence-corrected chi connectivity index (χ3v) is 3.37. The number of rotatable bonds is 3. The first-order valence-electron chi connectivity index (χ1n) is 6.39. The third kappa shape index (κ3) is 2.12. The van der Waals surface area contributed by atoms with Crippen molar-refractivity contribution < 1.29 is 14.0 Å². The number of fused-ring (bicyclic) bond motifs is 1. The first-order chi connectivity index (χ1) is 9.69. The molecule has 1 aromatic heterocycles. The molecule has 0 saturated carbocycles. The molecule has 2 heterocycles. The fourth-order valence-corrected chi connectivity index (χ4v) is 2.33. The van der Waals surface area contributed by atoms with Gasteiger partial charge >= 0.3 is 0 Å². The molecule has 2 aromatic rings. The molecule has 1 aromatic carbocycles. The highest BCUT2D eigenvalue weighted by atomic mass is 16.3. The summed E-state index contributed by atoms with van der Waals surface area (Å²) >= 11 is 0. The highest BCUT2D eigenvalue weighted by Gasteiger charge is 2.31. The average molecular weight is 270 g/mol. The first kappa shape index (κ1) is 12.6. The molecule has 0 saturated heterocycles. The lowest BCUT2D eigenvalue weighted by atomic mass is 9.98. The molecule has 1 aliphatic rings. The van der Waals surface area contributed by atoms with E-state index >= 15 is 0 Å². The van der Waals surface area contributed by atoms with Gasteiger partial charge in [0.2, 0.25) is 5.91 Å². The number of carbonyl (C=O) groups is 2. The number of benzene rings is 1. The van der Waals surface area contributed by atoms with E-state index in [0.29, 0.717) is 23.6 Å². The molecule has 0 unspecified atom stereocenters. The maximum Gasteiger partial charge on any atom is 0.261 e. The largest absolute Gasteiger partial charge is 0.463 e. The fourth-order valence-electron chi connectivity index (χ4n) is 2.33. The number of nitrogens with zero attached hydrogens (tertiary/aromatic N) is 1. The summed E-state index contributed by atoms with van der Waals surface area (Å²) in [5.41, 5.74) is 6.83. The van der Waals surface area contributed by atoms with Gasteiger partial charge in [0.1, 0.15) is 11.5 Å². The molecule has 0 spiro atoms. The van der Waals surface area contributed by atoms with Crippen molar-refractivity contribution in [3.8, 4) is 0 Å². The second-order valence-electron chi connectivity index (χ2n) is 4.69. The van der Waals surface area contributed by atoms with Gasteiger partial charge in [-0.3, -0.25) is 14.5 Å². The Balaban J connectivity index is 1.87. The van der Waals surface area contributed by atoms with Gasteiger partial charge in [0.05, 0.1) is 19.5 Å². The minimum absolute atomic E-state index is 0.145. The van der Waals surface area contributed by atoms with E-state index in [1.165, 1.54) is 4.90 Å². The second-order valence-corrected chi connectivity index (χ2v) is 4.69. The van der Waals surface area contributed by atoms with Gasteiger partial charge in [-0.1, -0.05) is 18.2 Å². The van der Waals surface area contributed by atoms with E-state index in [2.05, 4.69) is 0 Å². The Labute approximate surface area is 116 Å². The van der Waals surface area contributed by atoms with E-state index in [9.17, 15) is 9.59 Å². The molecular weight excluding hydrogens is 256 g/mol. The summed E-state index contributed by atoms with van der Waals surface area (Å²) < 4.78 is 5.45. The number of hydrogen-bond acceptors (Lipinski definition) is 4. The van der Waals surface area contributed by atoms with Crippen LogP contribution in [0.25, 0.3) is 0 Å². The van der Waals surface area contributed by atoms with Crippen molar-refractivity contribution >= 4 is 11.8 Å². The molecule has 102 valence electrons. The molecular formula is C15H14N2O3. The molecule has 20 heavy (non-hydrogen) atoms. The van der Waals surface area contributed by atoms with Crippen molar-refractivity contribution in [3.05, 3.63) is 59.0 Å². The van der Waals surface area contributed by atoms with Crippen molar-refractivity contribution in [1.29, 1.82) is 0 Å². The molecule has 2 N–H and O–H groups in total. The van der Waals surface area contributed by atoms with Crippen LogP contribution >= 0.6 is 0 Å². The summed E-state index contributed by atoms with van der Waals surface area (Å²) in [4.78, 5) is 25.7. The molecule has 0 atom stereocenters. The van der Waals surface area contributed by atoms with Crippen LogP contribution in [0.15, 0.2) is 40.8 Å². The number of imide groups is 1. The molecule has 1 aliphatic heterocycles. The standard InChI is InChI=1S/C15H14N2O3/c16-8-11-5-6-12(20-11)9-17-14(18)7-10-3-1-2-4-13(10)15(17)19/h1-6H,7-9,16H2. The summed E-state index contributed by atoms with van der Waals surface area (Å²) in [6.07, 6.45) is 0.242. The van der Waals surface area contributed by atoms with Crippen LogP contribution in [0.1, 0.15) is 27.4 Å². The van der Waals surface area contributed by atoms with Gasteiger partial charge in [-0.05, 0) is 23.8 Å². The van der Waals surface area contributed by atoms with Gasteiger partial charge in [0, 0.05) is 5.56 Å². The molecule has 3 rings (SSSR count). The van der Waals surface area contributed by atoms with Crippen LogP contribution in [0.2, 0.25) is 0 Å². The van der Waals surface area contributed by atoms with Crippen LogP contribution in [-0.2, 0) is 24.3 Å². The van der Waals surface area contributed by atoms with Crippen molar-refractivity contribution in [2.45, 2.75) is 19.5 Å². The number of furan rings is 1. The second kappa shape index (κ2) is 4.94. The molecule has 0 radical (unpaired) electrons. The Morgan fingerprint density at radius 1 is 1.10 bits per heavy atom. The number of hydrogen-bond donors (Lipinski definition) is 1. The normalized spacial score (nSPS) is 14.6. The summed E-state index contributed by atoms with van der Waals surface area (Å²) in [5, 5.41) is 0. The summed E-state index contributed by atoms with van der Waals surface area (Å²) in [6.45, 7) is 0.441. The van der Waals surface area contributed by atoms with Gasteiger partial charge in [-0.25, -0.2) is 0 Å². The van der Waals surface area contributed by atoms with E-state index in [-0.39, 0.29) is 24.8 Å². The SMILES string of the molecule is NCc1ccc(CN2C(=O)Cc3ccccc3C2=O)o1. The van der Waals surface area contributed by atoms with E-state index in [1.54, 1.807) is 24.3 Å². The zero-order valence-electron chi connectivity index (χ0n) is 10.8. The summed E-state index contributed by atoms with van der Waals surface area (Å²) in [7, 11) is 0. The monoisotopic (exact) mass is 270 g/mol. The smallest absolute Gasteiger partial charge is 0.261 e. The van der Waals surface area contributed by atoms with Crippen molar-refractivity contribution in [3.63, 3.8) is 0 Å². The minimum Gasteiger partial charge on any atom is -0.463 e. The molecule has 0 bridgehead atoms. The Morgan fingerprint density at radius 2 is 1.85 bits per heavy atom.